The maximum Gasteiger partial charge on any atom is 0.234 e. The number of furan rings is 1. The molecule has 0 radical (unpaired) electrons. The van der Waals surface area contributed by atoms with Crippen LogP contribution in [0.1, 0.15) is 5.76 Å². The van der Waals surface area contributed by atoms with E-state index in [0.717, 1.165) is 5.76 Å². The normalized spacial score (nSPS) is 10.5. The minimum absolute atomic E-state index is 0.149. The molecule has 152 valence electrons. The highest BCUT2D eigenvalue weighted by Gasteiger charge is 2.11. The average Bonchev–Trinajstić information content (AvgIpc) is 3.45. The second-order valence-corrected chi connectivity index (χ2v) is 8.25. The van der Waals surface area contributed by atoms with Crippen LogP contribution in [0, 0.1) is 0 Å². The van der Waals surface area contributed by atoms with Gasteiger partial charge in [0.2, 0.25) is 11.0 Å². The zero-order valence-corrected chi connectivity index (χ0v) is 17.4. The predicted octanol–water partition coefficient (Wildman–Crippen LogP) is 5.27. The summed E-state index contributed by atoms with van der Waals surface area (Å²) in [5.41, 5.74) is 0.616. The summed E-state index contributed by atoms with van der Waals surface area (Å²) in [5.74, 6) is 2.17. The zero-order valence-electron chi connectivity index (χ0n) is 15.8. The fraction of sp³-hybridized carbons (Fsp3) is 0.0952. The highest BCUT2D eigenvalue weighted by molar-refractivity contribution is 8.01. The first-order valence-electron chi connectivity index (χ1n) is 9.10. The SMILES string of the molecule is O=C(CSc1nnc(NCc2ccco2)s1)Nc1ccccc1Oc1ccccc1. The van der Waals surface area contributed by atoms with E-state index in [0.29, 0.717) is 33.2 Å². The fourth-order valence-corrected chi connectivity index (χ4v) is 4.05. The summed E-state index contributed by atoms with van der Waals surface area (Å²) in [7, 11) is 0. The molecule has 4 aromatic rings. The number of thioether (sulfide) groups is 1. The van der Waals surface area contributed by atoms with E-state index in [-0.39, 0.29) is 11.7 Å². The first kappa shape index (κ1) is 20.0. The van der Waals surface area contributed by atoms with Gasteiger partial charge in [0.05, 0.1) is 24.2 Å². The molecule has 0 bridgehead atoms. The van der Waals surface area contributed by atoms with Gasteiger partial charge in [0.15, 0.2) is 10.1 Å². The summed E-state index contributed by atoms with van der Waals surface area (Å²) in [6.07, 6.45) is 1.63. The van der Waals surface area contributed by atoms with Crippen LogP contribution >= 0.6 is 23.1 Å². The predicted molar refractivity (Wildman–Crippen MR) is 118 cm³/mol. The Labute approximate surface area is 181 Å². The van der Waals surface area contributed by atoms with Crippen molar-refractivity contribution in [2.24, 2.45) is 0 Å². The molecule has 0 aliphatic rings. The standard InChI is InChI=1S/C21H18N4O3S2/c26-19(14-29-21-25-24-20(30-21)22-13-16-9-6-12-27-16)23-17-10-4-5-11-18(17)28-15-7-2-1-3-8-15/h1-12H,13-14H2,(H,22,24)(H,23,26). The number of amides is 1. The number of para-hydroxylation sites is 3. The van der Waals surface area contributed by atoms with Crippen LogP contribution in [-0.4, -0.2) is 21.9 Å². The summed E-state index contributed by atoms with van der Waals surface area (Å²) in [5, 5.41) is 14.9. The number of ether oxygens (including phenoxy) is 1. The number of rotatable bonds is 9. The third-order valence-corrected chi connectivity index (χ3v) is 5.87. The van der Waals surface area contributed by atoms with E-state index < -0.39 is 0 Å². The van der Waals surface area contributed by atoms with E-state index in [1.807, 2.05) is 66.7 Å². The van der Waals surface area contributed by atoms with Crippen molar-refractivity contribution in [1.29, 1.82) is 0 Å². The van der Waals surface area contributed by atoms with Gasteiger partial charge in [-0.05, 0) is 36.4 Å². The van der Waals surface area contributed by atoms with E-state index in [1.54, 1.807) is 6.26 Å². The van der Waals surface area contributed by atoms with Crippen LogP contribution in [0.2, 0.25) is 0 Å². The maximum absolute atomic E-state index is 12.4. The molecule has 9 heteroatoms. The van der Waals surface area contributed by atoms with E-state index in [4.69, 9.17) is 9.15 Å². The summed E-state index contributed by atoms with van der Waals surface area (Å²) in [4.78, 5) is 12.4. The van der Waals surface area contributed by atoms with Gasteiger partial charge in [-0.2, -0.15) is 0 Å². The Morgan fingerprint density at radius 1 is 1.03 bits per heavy atom. The van der Waals surface area contributed by atoms with Crippen molar-refractivity contribution in [3.63, 3.8) is 0 Å². The maximum atomic E-state index is 12.4. The molecule has 0 spiro atoms. The molecule has 2 aromatic heterocycles. The Bertz CT molecular complexity index is 1080. The fourth-order valence-electron chi connectivity index (χ4n) is 2.50. The van der Waals surface area contributed by atoms with Crippen LogP contribution in [0.25, 0.3) is 0 Å². The Morgan fingerprint density at radius 3 is 2.70 bits per heavy atom. The van der Waals surface area contributed by atoms with E-state index in [1.165, 1.54) is 23.1 Å². The lowest BCUT2D eigenvalue weighted by molar-refractivity contribution is -0.113. The number of hydrogen-bond acceptors (Lipinski definition) is 8. The van der Waals surface area contributed by atoms with Crippen LogP contribution in [-0.2, 0) is 11.3 Å². The molecular formula is C21H18N4O3S2. The number of aromatic nitrogens is 2. The van der Waals surface area contributed by atoms with Crippen molar-refractivity contribution in [2.75, 3.05) is 16.4 Å². The van der Waals surface area contributed by atoms with E-state index in [2.05, 4.69) is 20.8 Å². The van der Waals surface area contributed by atoms with Gasteiger partial charge in [0, 0.05) is 0 Å². The number of nitrogens with zero attached hydrogens (tertiary/aromatic N) is 2. The van der Waals surface area contributed by atoms with Crippen molar-refractivity contribution in [3.8, 4) is 11.5 Å². The first-order chi connectivity index (χ1) is 14.8. The Kier molecular flexibility index (Phi) is 6.63. The van der Waals surface area contributed by atoms with Crippen molar-refractivity contribution in [2.45, 2.75) is 10.9 Å². The molecule has 0 unspecified atom stereocenters. The molecule has 0 fully saturated rings. The molecule has 2 N–H and O–H groups in total. The van der Waals surface area contributed by atoms with Gasteiger partial charge in [-0.15, -0.1) is 10.2 Å². The second kappa shape index (κ2) is 9.95. The largest absolute Gasteiger partial charge is 0.467 e. The van der Waals surface area contributed by atoms with Gasteiger partial charge >= 0.3 is 0 Å². The van der Waals surface area contributed by atoms with Crippen LogP contribution < -0.4 is 15.4 Å². The van der Waals surface area contributed by atoms with Gasteiger partial charge in [-0.3, -0.25) is 4.79 Å². The van der Waals surface area contributed by atoms with Crippen molar-refractivity contribution in [1.82, 2.24) is 10.2 Å². The topological polar surface area (TPSA) is 89.3 Å². The number of anilines is 2. The monoisotopic (exact) mass is 438 g/mol. The third kappa shape index (κ3) is 5.62. The van der Waals surface area contributed by atoms with Crippen molar-refractivity contribution in [3.05, 3.63) is 78.8 Å². The van der Waals surface area contributed by atoms with Crippen molar-refractivity contribution >= 4 is 39.8 Å². The number of nitrogens with one attached hydrogen (secondary N) is 2. The molecule has 2 aromatic carbocycles. The van der Waals surface area contributed by atoms with Gasteiger partial charge in [0.25, 0.3) is 0 Å². The highest BCUT2D eigenvalue weighted by atomic mass is 32.2. The summed E-state index contributed by atoms with van der Waals surface area (Å²) in [6, 6.07) is 20.5. The lowest BCUT2D eigenvalue weighted by Gasteiger charge is -2.11. The lowest BCUT2D eigenvalue weighted by Crippen LogP contribution is -2.14. The molecule has 0 aliphatic carbocycles. The molecule has 4 rings (SSSR count). The Hall–Kier alpha value is -3.30. The number of hydrogen-bond donors (Lipinski definition) is 2. The van der Waals surface area contributed by atoms with Gasteiger partial charge in [-0.1, -0.05) is 53.4 Å². The van der Waals surface area contributed by atoms with Gasteiger partial charge < -0.3 is 19.8 Å². The van der Waals surface area contributed by atoms with Gasteiger partial charge in [0.1, 0.15) is 11.5 Å². The van der Waals surface area contributed by atoms with Crippen LogP contribution in [0.5, 0.6) is 11.5 Å². The Balaban J connectivity index is 1.29. The second-order valence-electron chi connectivity index (χ2n) is 6.05. The number of carbonyl (C=O) groups excluding carboxylic acids is 1. The van der Waals surface area contributed by atoms with Crippen LogP contribution in [0.3, 0.4) is 0 Å². The van der Waals surface area contributed by atoms with E-state index >= 15 is 0 Å². The smallest absolute Gasteiger partial charge is 0.234 e. The molecule has 30 heavy (non-hydrogen) atoms. The molecular weight excluding hydrogens is 420 g/mol. The highest BCUT2D eigenvalue weighted by Crippen LogP contribution is 2.30. The molecule has 0 saturated carbocycles. The molecule has 0 atom stereocenters. The summed E-state index contributed by atoms with van der Waals surface area (Å²) in [6.45, 7) is 0.533. The van der Waals surface area contributed by atoms with Crippen molar-refractivity contribution < 1.29 is 13.9 Å². The molecule has 0 aliphatic heterocycles. The van der Waals surface area contributed by atoms with E-state index in [9.17, 15) is 4.79 Å². The lowest BCUT2D eigenvalue weighted by atomic mass is 10.3. The third-order valence-electron chi connectivity index (χ3n) is 3.86. The van der Waals surface area contributed by atoms with Crippen LogP contribution in [0.4, 0.5) is 10.8 Å². The average molecular weight is 439 g/mol. The molecule has 2 heterocycles. The zero-order chi connectivity index (χ0) is 20.6. The molecule has 7 nitrogen and oxygen atoms in total. The number of benzene rings is 2. The number of carbonyl (C=O) groups is 1. The molecule has 1 amide bonds. The minimum atomic E-state index is -0.149. The summed E-state index contributed by atoms with van der Waals surface area (Å²) < 4.78 is 11.9. The summed E-state index contributed by atoms with van der Waals surface area (Å²) >= 11 is 2.72. The quantitative estimate of drug-likeness (QED) is 0.344. The van der Waals surface area contributed by atoms with Crippen LogP contribution in [0.15, 0.2) is 81.8 Å². The van der Waals surface area contributed by atoms with Gasteiger partial charge in [-0.25, -0.2) is 0 Å². The molecule has 0 saturated heterocycles. The Morgan fingerprint density at radius 2 is 1.87 bits per heavy atom. The minimum Gasteiger partial charge on any atom is -0.467 e. The first-order valence-corrected chi connectivity index (χ1v) is 10.9.